The highest BCUT2D eigenvalue weighted by Crippen LogP contribution is 2.26. The molecule has 3 N–H and O–H groups in total. The van der Waals surface area contributed by atoms with E-state index in [4.69, 9.17) is 4.42 Å². The van der Waals surface area contributed by atoms with Gasteiger partial charge in [0.15, 0.2) is 5.89 Å². The molecule has 12 nitrogen and oxygen atoms in total. The summed E-state index contributed by atoms with van der Waals surface area (Å²) in [5.74, 6) is -0.357. The van der Waals surface area contributed by atoms with Gasteiger partial charge in [-0.2, -0.15) is 0 Å². The van der Waals surface area contributed by atoms with Crippen LogP contribution in [0.25, 0.3) is 17.0 Å². The molecule has 1 saturated heterocycles. The fourth-order valence-electron chi connectivity index (χ4n) is 3.66. The van der Waals surface area contributed by atoms with Gasteiger partial charge in [-0.05, 0) is 25.1 Å². The zero-order valence-corrected chi connectivity index (χ0v) is 18.6. The highest BCUT2D eigenvalue weighted by atomic mass is 19.1. The Balaban J connectivity index is 1.38. The van der Waals surface area contributed by atoms with Crippen LogP contribution < -0.4 is 16.0 Å². The van der Waals surface area contributed by atoms with E-state index in [2.05, 4.69) is 30.9 Å². The maximum absolute atomic E-state index is 14.7. The van der Waals surface area contributed by atoms with Crippen LogP contribution in [0.15, 0.2) is 41.2 Å². The molecule has 0 saturated carbocycles. The van der Waals surface area contributed by atoms with E-state index in [-0.39, 0.29) is 29.3 Å². The highest BCUT2D eigenvalue weighted by molar-refractivity contribution is 6.03. The lowest BCUT2D eigenvalue weighted by atomic mass is 10.1. The first-order valence-corrected chi connectivity index (χ1v) is 10.5. The molecule has 35 heavy (non-hydrogen) atoms. The number of nitrogens with one attached hydrogen (secondary N) is 3. The Bertz CT molecular complexity index is 1490. The zero-order chi connectivity index (χ0) is 24.7. The average Bonchev–Trinajstić information content (AvgIpc) is 3.52. The van der Waals surface area contributed by atoms with Crippen molar-refractivity contribution in [3.63, 3.8) is 0 Å². The smallest absolute Gasteiger partial charge is 0.330 e. The number of amides is 5. The second kappa shape index (κ2) is 8.52. The lowest BCUT2D eigenvalue weighted by Gasteiger charge is -2.13. The van der Waals surface area contributed by atoms with Crippen LogP contribution in [0.1, 0.15) is 22.1 Å². The topological polar surface area (TPSA) is 147 Å². The first-order chi connectivity index (χ1) is 16.8. The summed E-state index contributed by atoms with van der Waals surface area (Å²) in [6.45, 7) is 3.94. The van der Waals surface area contributed by atoms with Crippen molar-refractivity contribution in [2.75, 3.05) is 23.7 Å². The highest BCUT2D eigenvalue weighted by Gasteiger charge is 2.26. The quantitative estimate of drug-likeness (QED) is 0.409. The van der Waals surface area contributed by atoms with Crippen LogP contribution in [-0.4, -0.2) is 55.3 Å². The Kier molecular flexibility index (Phi) is 5.35. The van der Waals surface area contributed by atoms with E-state index in [9.17, 15) is 18.8 Å². The van der Waals surface area contributed by atoms with Gasteiger partial charge in [-0.15, -0.1) is 0 Å². The van der Waals surface area contributed by atoms with Crippen LogP contribution in [0, 0.1) is 19.7 Å². The van der Waals surface area contributed by atoms with Crippen LogP contribution in [0.4, 0.5) is 25.4 Å². The van der Waals surface area contributed by atoms with Gasteiger partial charge in [0.2, 0.25) is 11.5 Å². The van der Waals surface area contributed by atoms with Crippen LogP contribution in [-0.2, 0) is 0 Å². The number of carbonyl (C=O) groups is 3. The van der Waals surface area contributed by atoms with Crippen molar-refractivity contribution in [3.8, 4) is 11.3 Å². The Labute approximate surface area is 197 Å². The number of rotatable bonds is 4. The molecule has 5 rings (SSSR count). The van der Waals surface area contributed by atoms with Crippen LogP contribution in [0.3, 0.4) is 0 Å². The molecule has 0 aliphatic carbocycles. The van der Waals surface area contributed by atoms with Crippen molar-refractivity contribution in [2.24, 2.45) is 0 Å². The van der Waals surface area contributed by atoms with Gasteiger partial charge >= 0.3 is 12.1 Å². The van der Waals surface area contributed by atoms with Crippen molar-refractivity contribution >= 4 is 35.1 Å². The Hall–Kier alpha value is -4.81. The van der Waals surface area contributed by atoms with E-state index in [0.717, 1.165) is 4.90 Å². The first-order valence-electron chi connectivity index (χ1n) is 10.5. The molecule has 13 heteroatoms. The largest absolute Gasteiger partial charge is 0.436 e. The number of imidazole rings is 1. The van der Waals surface area contributed by atoms with Gasteiger partial charge in [0.05, 0.1) is 23.3 Å². The number of nitrogens with zero attached hydrogens (tertiary/aromatic N) is 5. The van der Waals surface area contributed by atoms with Crippen molar-refractivity contribution in [1.29, 1.82) is 0 Å². The third kappa shape index (κ3) is 4.26. The van der Waals surface area contributed by atoms with Gasteiger partial charge in [0, 0.05) is 43.7 Å². The zero-order valence-electron chi connectivity index (χ0n) is 18.6. The number of oxazole rings is 1. The monoisotopic (exact) mass is 478 g/mol. The van der Waals surface area contributed by atoms with E-state index in [1.165, 1.54) is 35.0 Å². The van der Waals surface area contributed by atoms with E-state index >= 15 is 0 Å². The van der Waals surface area contributed by atoms with E-state index in [0.29, 0.717) is 29.5 Å². The first kappa shape index (κ1) is 22.0. The van der Waals surface area contributed by atoms with Gasteiger partial charge in [0.25, 0.3) is 5.91 Å². The minimum atomic E-state index is -0.590. The predicted octanol–water partition coefficient (Wildman–Crippen LogP) is 2.95. The standard InChI is InChI=1S/C22H19FN8O4/c1-11-18(35-12(2)26-11)19(32)27-13-3-4-16(23)15(7-13)17-10-30-9-14(8-25-20(30)29-17)28-22(34)31-6-5-24-21(31)33/h3-4,7-10H,5-6H2,1-2H3,(H,24,33)(H,27,32)(H,28,34). The summed E-state index contributed by atoms with van der Waals surface area (Å²) in [5.41, 5.74) is 1.51. The van der Waals surface area contributed by atoms with Crippen molar-refractivity contribution in [1.82, 2.24) is 29.6 Å². The fourth-order valence-corrected chi connectivity index (χ4v) is 3.66. The second-order valence-corrected chi connectivity index (χ2v) is 7.79. The molecule has 1 aromatic carbocycles. The van der Waals surface area contributed by atoms with Crippen molar-refractivity contribution < 1.29 is 23.2 Å². The summed E-state index contributed by atoms with van der Waals surface area (Å²) in [6.07, 6.45) is 4.46. The molecule has 1 aliphatic rings. The summed E-state index contributed by atoms with van der Waals surface area (Å²) < 4.78 is 21.5. The lowest BCUT2D eigenvalue weighted by molar-refractivity contribution is 0.0994. The van der Waals surface area contributed by atoms with Gasteiger partial charge in [-0.3, -0.25) is 9.20 Å². The lowest BCUT2D eigenvalue weighted by Crippen LogP contribution is -2.37. The molecule has 5 amide bonds. The number of hydrogen-bond acceptors (Lipinski definition) is 7. The number of benzene rings is 1. The van der Waals surface area contributed by atoms with E-state index in [1.807, 2.05) is 0 Å². The summed E-state index contributed by atoms with van der Waals surface area (Å²) in [7, 11) is 0. The normalized spacial score (nSPS) is 13.2. The number of halogens is 1. The summed E-state index contributed by atoms with van der Waals surface area (Å²) in [4.78, 5) is 50.1. The summed E-state index contributed by atoms with van der Waals surface area (Å²) in [6, 6.07) is 3.02. The molecule has 0 atom stereocenters. The Morgan fingerprint density at radius 3 is 2.69 bits per heavy atom. The average molecular weight is 478 g/mol. The van der Waals surface area contributed by atoms with Gasteiger partial charge < -0.3 is 20.4 Å². The number of aromatic nitrogens is 4. The van der Waals surface area contributed by atoms with Crippen LogP contribution >= 0.6 is 0 Å². The SMILES string of the molecule is Cc1nc(C)c(C(=O)Nc2ccc(F)c(-c3cn4cc(NC(=O)N5CCNC5=O)cnc4n3)c2)o1. The molecule has 0 spiro atoms. The van der Waals surface area contributed by atoms with Gasteiger partial charge in [-0.1, -0.05) is 0 Å². The summed E-state index contributed by atoms with van der Waals surface area (Å²) in [5, 5.41) is 7.82. The number of carbonyl (C=O) groups excluding carboxylic acids is 3. The van der Waals surface area contributed by atoms with Crippen molar-refractivity contribution in [2.45, 2.75) is 13.8 Å². The molecule has 0 unspecified atom stereocenters. The van der Waals surface area contributed by atoms with E-state index in [1.54, 1.807) is 20.0 Å². The molecule has 0 radical (unpaired) electrons. The molecule has 1 aliphatic heterocycles. The molecule has 1 fully saturated rings. The second-order valence-electron chi connectivity index (χ2n) is 7.79. The molecule has 4 aromatic rings. The molecule has 3 aromatic heterocycles. The summed E-state index contributed by atoms with van der Waals surface area (Å²) >= 11 is 0. The molecule has 4 heterocycles. The molecule has 178 valence electrons. The number of imide groups is 1. The third-order valence-corrected chi connectivity index (χ3v) is 5.27. The van der Waals surface area contributed by atoms with Gasteiger partial charge in [0.1, 0.15) is 5.82 Å². The Morgan fingerprint density at radius 2 is 1.97 bits per heavy atom. The molecular formula is C22H19FN8O4. The molecule has 0 bridgehead atoms. The van der Waals surface area contributed by atoms with Gasteiger partial charge in [-0.25, -0.2) is 33.8 Å². The predicted molar refractivity (Wildman–Crippen MR) is 121 cm³/mol. The van der Waals surface area contributed by atoms with Crippen LogP contribution in [0.2, 0.25) is 0 Å². The molecular weight excluding hydrogens is 459 g/mol. The number of hydrogen-bond donors (Lipinski definition) is 3. The van der Waals surface area contributed by atoms with Crippen LogP contribution in [0.5, 0.6) is 0 Å². The number of aryl methyl sites for hydroxylation is 2. The minimum Gasteiger partial charge on any atom is -0.436 e. The maximum atomic E-state index is 14.7. The third-order valence-electron chi connectivity index (χ3n) is 5.27. The van der Waals surface area contributed by atoms with Crippen molar-refractivity contribution in [3.05, 3.63) is 60.0 Å². The number of anilines is 2. The Morgan fingerprint density at radius 1 is 1.14 bits per heavy atom. The number of fused-ring (bicyclic) bond motifs is 1. The maximum Gasteiger partial charge on any atom is 0.330 e. The number of urea groups is 2. The fraction of sp³-hybridized carbons (Fsp3) is 0.182. The van der Waals surface area contributed by atoms with E-state index < -0.39 is 23.8 Å². The minimum absolute atomic E-state index is 0.0753.